The molecule has 2 aromatic rings. The minimum absolute atomic E-state index is 0.0634. The molecule has 0 radical (unpaired) electrons. The van der Waals surface area contributed by atoms with Gasteiger partial charge in [-0.3, -0.25) is 4.79 Å². The van der Waals surface area contributed by atoms with Crippen molar-refractivity contribution < 1.29 is 29.0 Å². The number of nitrogens with one attached hydrogen (secondary N) is 1. The van der Waals surface area contributed by atoms with Crippen molar-refractivity contribution in [2.24, 2.45) is 0 Å². The Morgan fingerprint density at radius 3 is 2.23 bits per heavy atom. The van der Waals surface area contributed by atoms with Gasteiger partial charge in [0.05, 0.1) is 6.10 Å². The highest BCUT2D eigenvalue weighted by Crippen LogP contribution is 2.44. The molecule has 35 heavy (non-hydrogen) atoms. The molecule has 0 bridgehead atoms. The molecular formula is C27H30N2O6. The highest BCUT2D eigenvalue weighted by Gasteiger charge is 2.31. The van der Waals surface area contributed by atoms with Gasteiger partial charge in [0.25, 0.3) is 0 Å². The van der Waals surface area contributed by atoms with Crippen LogP contribution in [0.1, 0.15) is 36.3 Å². The molecule has 2 aromatic carbocycles. The van der Waals surface area contributed by atoms with Crippen molar-refractivity contribution in [2.45, 2.75) is 37.3 Å². The number of alkyl carbamates (subject to hydrolysis) is 1. The Labute approximate surface area is 204 Å². The van der Waals surface area contributed by atoms with Gasteiger partial charge in [0.1, 0.15) is 19.3 Å². The summed E-state index contributed by atoms with van der Waals surface area (Å²) in [6.07, 6.45) is 2.12. The summed E-state index contributed by atoms with van der Waals surface area (Å²) in [5, 5.41) is 11.5. The number of amides is 2. The average Bonchev–Trinajstić information content (AvgIpc) is 3.19. The Hall–Kier alpha value is -3.65. The van der Waals surface area contributed by atoms with Crippen molar-refractivity contribution in [1.82, 2.24) is 10.2 Å². The second-order valence-electron chi connectivity index (χ2n) is 8.78. The lowest BCUT2D eigenvalue weighted by atomic mass is 9.98. The molecule has 1 fully saturated rings. The number of benzene rings is 2. The van der Waals surface area contributed by atoms with Crippen molar-refractivity contribution in [1.29, 1.82) is 0 Å². The molecule has 1 heterocycles. The van der Waals surface area contributed by atoms with Gasteiger partial charge in [0.2, 0.25) is 5.91 Å². The van der Waals surface area contributed by atoms with E-state index < -0.39 is 18.1 Å². The first kappa shape index (κ1) is 24.5. The van der Waals surface area contributed by atoms with E-state index in [1.54, 1.807) is 11.0 Å². The molecule has 2 aliphatic rings. The molecule has 1 unspecified atom stereocenters. The fourth-order valence-electron chi connectivity index (χ4n) is 4.82. The summed E-state index contributed by atoms with van der Waals surface area (Å²) in [5.41, 5.74) is 4.53. The van der Waals surface area contributed by atoms with Crippen molar-refractivity contribution in [3.63, 3.8) is 0 Å². The topological polar surface area (TPSA) is 105 Å². The van der Waals surface area contributed by atoms with Crippen LogP contribution in [-0.2, 0) is 19.1 Å². The van der Waals surface area contributed by atoms with Crippen LogP contribution in [0.2, 0.25) is 0 Å². The van der Waals surface area contributed by atoms with E-state index in [4.69, 9.17) is 14.6 Å². The number of carboxylic acids is 1. The molecule has 8 nitrogen and oxygen atoms in total. The van der Waals surface area contributed by atoms with Crippen LogP contribution in [0.5, 0.6) is 0 Å². The molecule has 2 amide bonds. The third-order valence-corrected chi connectivity index (χ3v) is 6.53. The summed E-state index contributed by atoms with van der Waals surface area (Å²) in [6.45, 7) is 4.40. The van der Waals surface area contributed by atoms with Gasteiger partial charge in [-0.15, -0.1) is 6.58 Å². The summed E-state index contributed by atoms with van der Waals surface area (Å²) in [7, 11) is 0. The SMILES string of the molecule is C=CCC(NC(=O)OCC1c2ccccc2-c2ccccc21)C(=O)N1CCC(OCC(=O)O)CC1. The molecule has 1 saturated heterocycles. The summed E-state index contributed by atoms with van der Waals surface area (Å²) in [6, 6.07) is 15.4. The first-order valence-electron chi connectivity index (χ1n) is 11.8. The standard InChI is InChI=1S/C27H30N2O6/c1-2-7-24(26(32)29-14-12-18(13-15-29)34-17-25(30)31)28-27(33)35-16-23-21-10-5-3-8-19(21)20-9-4-6-11-22(20)23/h2-6,8-11,18,23-24H,1,7,12-17H2,(H,28,33)(H,30,31). The Balaban J connectivity index is 1.33. The Kier molecular flexibility index (Phi) is 7.82. The van der Waals surface area contributed by atoms with Crippen molar-refractivity contribution >= 4 is 18.0 Å². The molecule has 8 heteroatoms. The van der Waals surface area contributed by atoms with Crippen LogP contribution in [0.25, 0.3) is 11.1 Å². The van der Waals surface area contributed by atoms with E-state index in [1.807, 2.05) is 24.3 Å². The molecule has 1 atom stereocenters. The molecule has 0 spiro atoms. The Bertz CT molecular complexity index is 1050. The van der Waals surface area contributed by atoms with Crippen LogP contribution in [0.4, 0.5) is 4.79 Å². The quantitative estimate of drug-likeness (QED) is 0.534. The van der Waals surface area contributed by atoms with E-state index in [-0.39, 0.29) is 37.6 Å². The third kappa shape index (κ3) is 5.71. The third-order valence-electron chi connectivity index (χ3n) is 6.53. The molecule has 0 aromatic heterocycles. The Morgan fingerprint density at radius 2 is 1.66 bits per heavy atom. The maximum absolute atomic E-state index is 13.1. The first-order chi connectivity index (χ1) is 17.0. The van der Waals surface area contributed by atoms with E-state index >= 15 is 0 Å². The summed E-state index contributed by atoms with van der Waals surface area (Å²) in [4.78, 5) is 38.1. The summed E-state index contributed by atoms with van der Waals surface area (Å²) < 4.78 is 10.9. The molecule has 2 N–H and O–H groups in total. The minimum Gasteiger partial charge on any atom is -0.480 e. The lowest BCUT2D eigenvalue weighted by molar-refractivity contribution is -0.147. The van der Waals surface area contributed by atoms with E-state index in [0.29, 0.717) is 25.9 Å². The van der Waals surface area contributed by atoms with Gasteiger partial charge in [0, 0.05) is 19.0 Å². The zero-order chi connectivity index (χ0) is 24.8. The summed E-state index contributed by atoms with van der Waals surface area (Å²) >= 11 is 0. The molecule has 1 aliphatic carbocycles. The highest BCUT2D eigenvalue weighted by molar-refractivity contribution is 5.86. The van der Waals surface area contributed by atoms with Gasteiger partial charge in [-0.05, 0) is 41.5 Å². The number of carbonyl (C=O) groups is 3. The fraction of sp³-hybridized carbons (Fsp3) is 0.370. The maximum Gasteiger partial charge on any atom is 0.407 e. The fourth-order valence-corrected chi connectivity index (χ4v) is 4.82. The number of hydrogen-bond donors (Lipinski definition) is 2. The van der Waals surface area contributed by atoms with Crippen LogP contribution in [0, 0.1) is 0 Å². The van der Waals surface area contributed by atoms with Crippen LogP contribution in [0.3, 0.4) is 0 Å². The lowest BCUT2D eigenvalue weighted by Gasteiger charge is -2.34. The second-order valence-corrected chi connectivity index (χ2v) is 8.78. The van der Waals surface area contributed by atoms with Gasteiger partial charge in [0.15, 0.2) is 0 Å². The van der Waals surface area contributed by atoms with Gasteiger partial charge in [-0.2, -0.15) is 0 Å². The number of rotatable bonds is 9. The van der Waals surface area contributed by atoms with E-state index in [1.165, 1.54) is 0 Å². The van der Waals surface area contributed by atoms with Crippen LogP contribution >= 0.6 is 0 Å². The van der Waals surface area contributed by atoms with Crippen LogP contribution < -0.4 is 5.32 Å². The number of likely N-dealkylation sites (tertiary alicyclic amines) is 1. The van der Waals surface area contributed by atoms with Crippen molar-refractivity contribution in [3.8, 4) is 11.1 Å². The zero-order valence-electron chi connectivity index (χ0n) is 19.5. The highest BCUT2D eigenvalue weighted by atomic mass is 16.5. The van der Waals surface area contributed by atoms with Crippen LogP contribution in [-0.4, -0.2) is 66.4 Å². The largest absolute Gasteiger partial charge is 0.480 e. The first-order valence-corrected chi connectivity index (χ1v) is 11.8. The van der Waals surface area contributed by atoms with Crippen molar-refractivity contribution in [2.75, 3.05) is 26.3 Å². The minimum atomic E-state index is -1.01. The second kappa shape index (κ2) is 11.2. The summed E-state index contributed by atoms with van der Waals surface area (Å²) in [5.74, 6) is -1.29. The number of carbonyl (C=O) groups excluding carboxylic acids is 2. The monoisotopic (exact) mass is 478 g/mol. The predicted octanol–water partition coefficient (Wildman–Crippen LogP) is 3.56. The van der Waals surface area contributed by atoms with Crippen molar-refractivity contribution in [3.05, 3.63) is 72.3 Å². The number of carboxylic acid groups (broad SMARTS) is 1. The number of piperidine rings is 1. The number of ether oxygens (including phenoxy) is 2. The molecule has 4 rings (SSSR count). The number of aliphatic carboxylic acids is 1. The van der Waals surface area contributed by atoms with Gasteiger partial charge in [-0.1, -0.05) is 54.6 Å². The molecule has 1 aliphatic heterocycles. The lowest BCUT2D eigenvalue weighted by Crippen LogP contribution is -2.51. The Morgan fingerprint density at radius 1 is 1.06 bits per heavy atom. The van der Waals surface area contributed by atoms with E-state index in [9.17, 15) is 14.4 Å². The van der Waals surface area contributed by atoms with Gasteiger partial charge < -0.3 is 24.8 Å². The average molecular weight is 479 g/mol. The molecule has 184 valence electrons. The smallest absolute Gasteiger partial charge is 0.407 e. The number of nitrogens with zero attached hydrogens (tertiary/aromatic N) is 1. The number of fused-ring (bicyclic) bond motifs is 3. The van der Waals surface area contributed by atoms with Gasteiger partial charge >= 0.3 is 12.1 Å². The zero-order valence-corrected chi connectivity index (χ0v) is 19.5. The maximum atomic E-state index is 13.1. The van der Waals surface area contributed by atoms with Gasteiger partial charge in [-0.25, -0.2) is 9.59 Å². The van der Waals surface area contributed by atoms with E-state index in [2.05, 4.69) is 36.2 Å². The normalized spacial score (nSPS) is 16.2. The molecule has 0 saturated carbocycles. The molecular weight excluding hydrogens is 448 g/mol. The predicted molar refractivity (Wildman–Crippen MR) is 130 cm³/mol. The van der Waals surface area contributed by atoms with Crippen LogP contribution in [0.15, 0.2) is 61.2 Å². The number of hydrogen-bond acceptors (Lipinski definition) is 5. The van der Waals surface area contributed by atoms with E-state index in [0.717, 1.165) is 22.3 Å².